The van der Waals surface area contributed by atoms with Gasteiger partial charge in [0, 0.05) is 9.79 Å². The lowest BCUT2D eigenvalue weighted by molar-refractivity contribution is -0.149. The summed E-state index contributed by atoms with van der Waals surface area (Å²) in [6.45, 7) is 1.61. The SMILES string of the molecule is CC[C@@H](C(=O)OCC(=O)Nc1ccccc1Sc1ccccc1)c1ccccc1. The van der Waals surface area contributed by atoms with E-state index in [0.29, 0.717) is 12.1 Å². The zero-order valence-corrected chi connectivity index (χ0v) is 17.0. The fourth-order valence-electron chi connectivity index (χ4n) is 2.92. The Bertz CT molecular complexity index is 945. The van der Waals surface area contributed by atoms with Crippen molar-refractivity contribution < 1.29 is 14.3 Å². The fraction of sp³-hybridized carbons (Fsp3) is 0.167. The molecule has 3 aromatic rings. The zero-order chi connectivity index (χ0) is 20.5. The maximum atomic E-state index is 12.4. The van der Waals surface area contributed by atoms with Gasteiger partial charge in [0.15, 0.2) is 6.61 Å². The maximum absolute atomic E-state index is 12.4. The summed E-state index contributed by atoms with van der Waals surface area (Å²) in [6.07, 6.45) is 0.612. The van der Waals surface area contributed by atoms with Crippen LogP contribution in [0.15, 0.2) is 94.7 Å². The van der Waals surface area contributed by atoms with Gasteiger partial charge in [0.05, 0.1) is 11.6 Å². The molecule has 4 nitrogen and oxygen atoms in total. The summed E-state index contributed by atoms with van der Waals surface area (Å²) in [4.78, 5) is 26.8. The fourth-order valence-corrected chi connectivity index (χ4v) is 3.84. The Morgan fingerprint density at radius 1 is 0.897 bits per heavy atom. The lowest BCUT2D eigenvalue weighted by Gasteiger charge is -2.15. The minimum absolute atomic E-state index is 0.313. The first-order chi connectivity index (χ1) is 14.2. The van der Waals surface area contributed by atoms with Crippen molar-refractivity contribution in [1.82, 2.24) is 0 Å². The molecule has 0 aromatic heterocycles. The van der Waals surface area contributed by atoms with Crippen LogP contribution in [-0.4, -0.2) is 18.5 Å². The van der Waals surface area contributed by atoms with Crippen LogP contribution in [0.25, 0.3) is 0 Å². The van der Waals surface area contributed by atoms with E-state index in [-0.39, 0.29) is 24.4 Å². The van der Waals surface area contributed by atoms with Crippen molar-refractivity contribution in [3.05, 3.63) is 90.5 Å². The smallest absolute Gasteiger partial charge is 0.313 e. The Labute approximate surface area is 175 Å². The molecule has 5 heteroatoms. The molecule has 0 spiro atoms. The maximum Gasteiger partial charge on any atom is 0.313 e. The van der Waals surface area contributed by atoms with Crippen LogP contribution < -0.4 is 5.32 Å². The Balaban J connectivity index is 1.59. The number of amides is 1. The minimum atomic E-state index is -0.388. The van der Waals surface area contributed by atoms with Crippen molar-refractivity contribution >= 4 is 29.3 Å². The summed E-state index contributed by atoms with van der Waals surface area (Å²) in [6, 6.07) is 27.0. The molecule has 1 N–H and O–H groups in total. The number of benzene rings is 3. The zero-order valence-electron chi connectivity index (χ0n) is 16.2. The lowest BCUT2D eigenvalue weighted by atomic mass is 9.97. The summed E-state index contributed by atoms with van der Waals surface area (Å²) in [5.41, 5.74) is 1.59. The van der Waals surface area contributed by atoms with Gasteiger partial charge in [-0.2, -0.15) is 0 Å². The normalized spacial score (nSPS) is 11.5. The van der Waals surface area contributed by atoms with Crippen molar-refractivity contribution in [1.29, 1.82) is 0 Å². The first-order valence-electron chi connectivity index (χ1n) is 9.50. The van der Waals surface area contributed by atoms with Crippen LogP contribution >= 0.6 is 11.8 Å². The van der Waals surface area contributed by atoms with E-state index in [0.717, 1.165) is 15.4 Å². The van der Waals surface area contributed by atoms with Gasteiger partial charge in [-0.1, -0.05) is 79.3 Å². The van der Waals surface area contributed by atoms with Gasteiger partial charge < -0.3 is 10.1 Å². The number of esters is 1. The summed E-state index contributed by atoms with van der Waals surface area (Å²) in [7, 11) is 0. The second-order valence-corrected chi connectivity index (χ2v) is 7.55. The molecule has 0 bridgehead atoms. The van der Waals surface area contributed by atoms with Crippen LogP contribution in [0, 0.1) is 0 Å². The van der Waals surface area contributed by atoms with Gasteiger partial charge in [-0.25, -0.2) is 0 Å². The molecule has 0 radical (unpaired) electrons. The van der Waals surface area contributed by atoms with Crippen molar-refractivity contribution in [3.63, 3.8) is 0 Å². The molecular weight excluding hydrogens is 382 g/mol. The molecule has 0 unspecified atom stereocenters. The van der Waals surface area contributed by atoms with Gasteiger partial charge in [0.25, 0.3) is 5.91 Å². The standard InChI is InChI=1S/C24H23NO3S/c1-2-20(18-11-5-3-6-12-18)24(27)28-17-23(26)25-21-15-9-10-16-22(21)29-19-13-7-4-8-14-19/h3-16,20H,2,17H2,1H3,(H,25,26)/t20-/m1/s1. The molecule has 3 aromatic carbocycles. The van der Waals surface area contributed by atoms with Crippen LogP contribution in [0.5, 0.6) is 0 Å². The molecule has 0 aliphatic carbocycles. The van der Waals surface area contributed by atoms with Gasteiger partial charge in [-0.15, -0.1) is 0 Å². The first-order valence-corrected chi connectivity index (χ1v) is 10.3. The third-order valence-electron chi connectivity index (χ3n) is 4.37. The summed E-state index contributed by atoms with van der Waals surface area (Å²) in [5, 5.41) is 2.85. The lowest BCUT2D eigenvalue weighted by Crippen LogP contribution is -2.24. The van der Waals surface area contributed by atoms with E-state index < -0.39 is 0 Å². The Morgan fingerprint density at radius 2 is 1.52 bits per heavy atom. The number of hydrogen-bond donors (Lipinski definition) is 1. The van der Waals surface area contributed by atoms with Crippen molar-refractivity contribution in [2.24, 2.45) is 0 Å². The number of ether oxygens (including phenoxy) is 1. The highest BCUT2D eigenvalue weighted by atomic mass is 32.2. The molecule has 0 saturated heterocycles. The van der Waals surface area contributed by atoms with Gasteiger partial charge in [0.2, 0.25) is 0 Å². The van der Waals surface area contributed by atoms with Crippen LogP contribution in [-0.2, 0) is 14.3 Å². The van der Waals surface area contributed by atoms with E-state index >= 15 is 0 Å². The van der Waals surface area contributed by atoms with Crippen molar-refractivity contribution in [3.8, 4) is 0 Å². The van der Waals surface area contributed by atoms with E-state index in [4.69, 9.17) is 4.74 Å². The molecule has 0 saturated carbocycles. The number of anilines is 1. The summed E-state index contributed by atoms with van der Waals surface area (Å²) in [5.74, 6) is -1.12. The van der Waals surface area contributed by atoms with Crippen molar-refractivity contribution in [2.75, 3.05) is 11.9 Å². The van der Waals surface area contributed by atoms with Gasteiger partial charge in [0.1, 0.15) is 0 Å². The van der Waals surface area contributed by atoms with E-state index in [1.807, 2.05) is 91.9 Å². The van der Waals surface area contributed by atoms with E-state index in [1.165, 1.54) is 0 Å². The number of carbonyl (C=O) groups excluding carboxylic acids is 2. The number of rotatable bonds is 8. The van der Waals surface area contributed by atoms with Crippen LogP contribution in [0.4, 0.5) is 5.69 Å². The van der Waals surface area contributed by atoms with Crippen LogP contribution in [0.3, 0.4) is 0 Å². The second-order valence-electron chi connectivity index (χ2n) is 6.44. The average molecular weight is 406 g/mol. The highest BCUT2D eigenvalue weighted by molar-refractivity contribution is 7.99. The number of carbonyl (C=O) groups is 2. The highest BCUT2D eigenvalue weighted by Gasteiger charge is 2.21. The minimum Gasteiger partial charge on any atom is -0.455 e. The Hall–Kier alpha value is -3.05. The van der Waals surface area contributed by atoms with E-state index in [9.17, 15) is 9.59 Å². The topological polar surface area (TPSA) is 55.4 Å². The van der Waals surface area contributed by atoms with E-state index in [1.54, 1.807) is 11.8 Å². The largest absolute Gasteiger partial charge is 0.455 e. The molecule has 1 atom stereocenters. The van der Waals surface area contributed by atoms with Crippen LogP contribution in [0.2, 0.25) is 0 Å². The molecule has 3 rings (SSSR count). The average Bonchev–Trinajstić information content (AvgIpc) is 2.76. The van der Waals surface area contributed by atoms with Gasteiger partial charge >= 0.3 is 5.97 Å². The predicted molar refractivity (Wildman–Crippen MR) is 116 cm³/mol. The monoisotopic (exact) mass is 405 g/mol. The predicted octanol–water partition coefficient (Wildman–Crippen LogP) is 5.51. The first kappa shape index (κ1) is 20.7. The van der Waals surface area contributed by atoms with E-state index in [2.05, 4.69) is 5.32 Å². The molecule has 1 amide bonds. The quantitative estimate of drug-likeness (QED) is 0.502. The molecule has 148 valence electrons. The van der Waals surface area contributed by atoms with Crippen molar-refractivity contribution in [2.45, 2.75) is 29.1 Å². The molecule has 0 aliphatic rings. The third kappa shape index (κ3) is 5.96. The Morgan fingerprint density at radius 3 is 2.21 bits per heavy atom. The third-order valence-corrected chi connectivity index (χ3v) is 5.46. The molecule has 0 aliphatic heterocycles. The number of hydrogen-bond acceptors (Lipinski definition) is 4. The summed E-state index contributed by atoms with van der Waals surface area (Å²) >= 11 is 1.56. The number of para-hydroxylation sites is 1. The molecular formula is C24H23NO3S. The molecule has 0 fully saturated rings. The second kappa shape index (κ2) is 10.5. The van der Waals surface area contributed by atoms with Crippen LogP contribution in [0.1, 0.15) is 24.8 Å². The Kier molecular flexibility index (Phi) is 7.47. The summed E-state index contributed by atoms with van der Waals surface area (Å²) < 4.78 is 5.28. The molecule has 29 heavy (non-hydrogen) atoms. The van der Waals surface area contributed by atoms with Gasteiger partial charge in [-0.05, 0) is 36.2 Å². The number of nitrogens with one attached hydrogen (secondary N) is 1. The van der Waals surface area contributed by atoms with Gasteiger partial charge in [-0.3, -0.25) is 9.59 Å². The molecule has 0 heterocycles. The highest BCUT2D eigenvalue weighted by Crippen LogP contribution is 2.33.